The maximum Gasteiger partial charge on any atom is 0.210 e. The number of unbranched alkanes of at least 4 members (excludes halogenated alkanes) is 1. The molecule has 0 saturated carbocycles. The van der Waals surface area contributed by atoms with E-state index in [9.17, 15) is 13.5 Å². The molecule has 8 heteroatoms. The zero-order valence-corrected chi connectivity index (χ0v) is 17.9. The smallest absolute Gasteiger partial charge is 0.210 e. The van der Waals surface area contributed by atoms with Crippen molar-refractivity contribution in [3.63, 3.8) is 0 Å². The summed E-state index contributed by atoms with van der Waals surface area (Å²) in [6.07, 6.45) is -1.55. The molecule has 158 valence electrons. The van der Waals surface area contributed by atoms with E-state index in [-0.39, 0.29) is 4.90 Å². The van der Waals surface area contributed by atoms with Crippen molar-refractivity contribution in [1.82, 2.24) is 0 Å². The third kappa shape index (κ3) is 3.86. The number of fused-ring (bicyclic) bond motifs is 1. The van der Waals surface area contributed by atoms with Crippen molar-refractivity contribution in [3.05, 3.63) is 29.8 Å². The van der Waals surface area contributed by atoms with Crippen LogP contribution >= 0.6 is 0 Å². The van der Waals surface area contributed by atoms with Gasteiger partial charge in [-0.2, -0.15) is 0 Å². The van der Waals surface area contributed by atoms with Crippen LogP contribution in [0, 0.1) is 6.92 Å². The van der Waals surface area contributed by atoms with E-state index >= 15 is 0 Å². The quantitative estimate of drug-likeness (QED) is 0.686. The second-order valence-electron chi connectivity index (χ2n) is 8.09. The highest BCUT2D eigenvalue weighted by Gasteiger charge is 2.63. The molecular formula is C20H30O7S. The first kappa shape index (κ1) is 21.7. The van der Waals surface area contributed by atoms with E-state index in [2.05, 4.69) is 0 Å². The Labute approximate surface area is 166 Å². The summed E-state index contributed by atoms with van der Waals surface area (Å²) in [5, 5.41) is 11.2. The number of hydrogen-bond acceptors (Lipinski definition) is 7. The van der Waals surface area contributed by atoms with Gasteiger partial charge in [-0.25, -0.2) is 8.42 Å². The molecule has 2 saturated heterocycles. The van der Waals surface area contributed by atoms with Gasteiger partial charge in [0.05, 0.1) is 4.90 Å². The molecule has 0 spiro atoms. The molecular weight excluding hydrogens is 384 g/mol. The van der Waals surface area contributed by atoms with Crippen LogP contribution in [0.15, 0.2) is 29.2 Å². The van der Waals surface area contributed by atoms with Gasteiger partial charge in [0.2, 0.25) is 9.84 Å². The second kappa shape index (κ2) is 7.66. The Hall–Kier alpha value is -1.03. The number of rotatable bonds is 7. The standard InChI is InChI=1S/C20H30O7S/c1-6-7-12-24-18-16-15(26-19(3,4)27-16)17(25-18)20(5,21)28(22,23)14-10-8-13(2)9-11-14/h8-11,15-18,21H,6-7,12H2,1-5H3/t15-,16+,17+,18+,20+/m1/s1. The number of benzene rings is 1. The lowest BCUT2D eigenvalue weighted by atomic mass is 10.1. The molecule has 0 radical (unpaired) electrons. The van der Waals surface area contributed by atoms with Gasteiger partial charge >= 0.3 is 0 Å². The van der Waals surface area contributed by atoms with Crippen LogP contribution in [0.3, 0.4) is 0 Å². The van der Waals surface area contributed by atoms with Crippen LogP contribution in [0.25, 0.3) is 0 Å². The summed E-state index contributed by atoms with van der Waals surface area (Å²) in [6.45, 7) is 9.09. The van der Waals surface area contributed by atoms with Gasteiger partial charge in [0.1, 0.15) is 18.3 Å². The highest BCUT2D eigenvalue weighted by molar-refractivity contribution is 7.92. The molecule has 0 aliphatic carbocycles. The van der Waals surface area contributed by atoms with Gasteiger partial charge in [-0.15, -0.1) is 0 Å². The Morgan fingerprint density at radius 1 is 1.18 bits per heavy atom. The van der Waals surface area contributed by atoms with E-state index in [1.54, 1.807) is 26.0 Å². The molecule has 2 heterocycles. The fourth-order valence-electron chi connectivity index (χ4n) is 3.58. The Kier molecular flexibility index (Phi) is 5.93. The van der Waals surface area contributed by atoms with Gasteiger partial charge in [0.15, 0.2) is 17.0 Å². The zero-order valence-electron chi connectivity index (χ0n) is 17.0. The monoisotopic (exact) mass is 414 g/mol. The summed E-state index contributed by atoms with van der Waals surface area (Å²) in [5.74, 6) is -0.923. The van der Waals surface area contributed by atoms with Crippen LogP contribution < -0.4 is 0 Å². The normalized spacial score (nSPS) is 31.5. The SMILES string of the molecule is CCCCO[C@H]1O[C@H]([C@@](C)(O)S(=O)(=O)c2ccc(C)cc2)[C@@H]2OC(C)(C)O[C@H]12. The lowest BCUT2D eigenvalue weighted by Crippen LogP contribution is -2.52. The minimum Gasteiger partial charge on any atom is -0.372 e. The van der Waals surface area contributed by atoms with Gasteiger partial charge in [-0.1, -0.05) is 31.0 Å². The Morgan fingerprint density at radius 2 is 1.79 bits per heavy atom. The van der Waals surface area contributed by atoms with Crippen molar-refractivity contribution in [2.75, 3.05) is 6.61 Å². The average Bonchev–Trinajstić information content (AvgIpc) is 3.09. The van der Waals surface area contributed by atoms with Crippen LogP contribution in [0.5, 0.6) is 0 Å². The average molecular weight is 415 g/mol. The van der Waals surface area contributed by atoms with Crippen LogP contribution in [-0.4, -0.2) is 55.5 Å². The van der Waals surface area contributed by atoms with Gasteiger partial charge in [0, 0.05) is 6.61 Å². The van der Waals surface area contributed by atoms with Crippen LogP contribution in [0.4, 0.5) is 0 Å². The summed E-state index contributed by atoms with van der Waals surface area (Å²) in [6, 6.07) is 6.35. The summed E-state index contributed by atoms with van der Waals surface area (Å²) in [4.78, 5) is -2.20. The van der Waals surface area contributed by atoms with Crippen molar-refractivity contribution >= 4 is 9.84 Å². The lowest BCUT2D eigenvalue weighted by Gasteiger charge is -2.33. The molecule has 0 amide bonds. The fraction of sp³-hybridized carbons (Fsp3) is 0.700. The van der Waals surface area contributed by atoms with Gasteiger partial charge in [-0.3, -0.25) is 0 Å². The first-order valence-corrected chi connectivity index (χ1v) is 11.1. The van der Waals surface area contributed by atoms with Crippen molar-refractivity contribution in [2.24, 2.45) is 0 Å². The molecule has 0 bridgehead atoms. The summed E-state index contributed by atoms with van der Waals surface area (Å²) < 4.78 is 49.8. The molecule has 28 heavy (non-hydrogen) atoms. The zero-order chi connectivity index (χ0) is 20.7. The fourth-order valence-corrected chi connectivity index (χ4v) is 5.05. The molecule has 1 N–H and O–H groups in total. The molecule has 1 aromatic rings. The third-order valence-corrected chi connectivity index (χ3v) is 7.41. The van der Waals surface area contributed by atoms with Crippen LogP contribution in [0.2, 0.25) is 0 Å². The van der Waals surface area contributed by atoms with Crippen molar-refractivity contribution in [2.45, 2.75) is 87.7 Å². The van der Waals surface area contributed by atoms with E-state index in [1.807, 2.05) is 13.8 Å². The summed E-state index contributed by atoms with van der Waals surface area (Å²) >= 11 is 0. The maximum absolute atomic E-state index is 13.2. The summed E-state index contributed by atoms with van der Waals surface area (Å²) in [5.41, 5.74) is 0.925. The predicted molar refractivity (Wildman–Crippen MR) is 102 cm³/mol. The van der Waals surface area contributed by atoms with E-state index < -0.39 is 45.2 Å². The molecule has 2 aliphatic heterocycles. The highest BCUT2D eigenvalue weighted by atomic mass is 32.2. The van der Waals surface area contributed by atoms with Gasteiger partial charge in [-0.05, 0) is 46.2 Å². The largest absolute Gasteiger partial charge is 0.372 e. The topological polar surface area (TPSA) is 91.3 Å². The molecule has 0 unspecified atom stereocenters. The van der Waals surface area contributed by atoms with Crippen LogP contribution in [-0.2, 0) is 28.8 Å². The first-order chi connectivity index (χ1) is 13.0. The highest BCUT2D eigenvalue weighted by Crippen LogP contribution is 2.44. The molecule has 2 aliphatic rings. The number of aryl methyl sites for hydroxylation is 1. The summed E-state index contributed by atoms with van der Waals surface area (Å²) in [7, 11) is -4.12. The van der Waals surface area contributed by atoms with E-state index in [0.717, 1.165) is 18.4 Å². The number of hydrogen-bond donors (Lipinski definition) is 1. The van der Waals surface area contributed by atoms with E-state index in [0.29, 0.717) is 6.61 Å². The number of aliphatic hydroxyl groups is 1. The van der Waals surface area contributed by atoms with Gasteiger partial charge < -0.3 is 24.1 Å². The number of sulfone groups is 1. The third-order valence-electron chi connectivity index (χ3n) is 5.19. The minimum atomic E-state index is -4.12. The van der Waals surface area contributed by atoms with E-state index in [4.69, 9.17) is 18.9 Å². The Balaban J connectivity index is 1.90. The Bertz CT molecular complexity index is 785. The predicted octanol–water partition coefficient (Wildman–Crippen LogP) is 2.54. The molecule has 5 atom stereocenters. The van der Waals surface area contributed by atoms with Gasteiger partial charge in [0.25, 0.3) is 0 Å². The molecule has 1 aromatic carbocycles. The number of ether oxygens (including phenoxy) is 4. The molecule has 2 fully saturated rings. The minimum absolute atomic E-state index is 0.0248. The van der Waals surface area contributed by atoms with E-state index in [1.165, 1.54) is 19.1 Å². The molecule has 0 aromatic heterocycles. The molecule has 7 nitrogen and oxygen atoms in total. The maximum atomic E-state index is 13.2. The van der Waals surface area contributed by atoms with Crippen LogP contribution in [0.1, 0.15) is 46.1 Å². The second-order valence-corrected chi connectivity index (χ2v) is 10.4. The van der Waals surface area contributed by atoms with Crippen molar-refractivity contribution in [1.29, 1.82) is 0 Å². The lowest BCUT2D eigenvalue weighted by molar-refractivity contribution is -0.245. The molecule has 3 rings (SSSR count). The Morgan fingerprint density at radius 3 is 2.39 bits per heavy atom. The van der Waals surface area contributed by atoms with Crippen molar-refractivity contribution < 1.29 is 32.5 Å². The van der Waals surface area contributed by atoms with Crippen molar-refractivity contribution in [3.8, 4) is 0 Å². The first-order valence-electron chi connectivity index (χ1n) is 9.66.